The molecular weight excluding hydrogens is 411 g/mol. The number of anilines is 1. The average molecular weight is 429 g/mol. The molecule has 10 heteroatoms. The largest absolute Gasteiger partial charge is 0.506 e. The Morgan fingerprint density at radius 2 is 1.87 bits per heavy atom. The van der Waals surface area contributed by atoms with Crippen molar-refractivity contribution in [1.29, 1.82) is 0 Å². The van der Waals surface area contributed by atoms with Crippen LogP contribution in [0.3, 0.4) is 0 Å². The maximum atomic E-state index is 14.2. The van der Waals surface area contributed by atoms with Crippen molar-refractivity contribution in [1.82, 2.24) is 15.0 Å². The first-order valence-electron chi connectivity index (χ1n) is 9.43. The number of alkyl halides is 1. The molecule has 31 heavy (non-hydrogen) atoms. The molecule has 3 aromatic rings. The van der Waals surface area contributed by atoms with Crippen molar-refractivity contribution in [3.63, 3.8) is 0 Å². The number of halogens is 3. The lowest BCUT2D eigenvalue weighted by Crippen LogP contribution is -2.49. The molecule has 7 nitrogen and oxygen atoms in total. The van der Waals surface area contributed by atoms with E-state index >= 15 is 0 Å². The SMILES string of the molecule is NC(=O)c1ccc(F)c(-c2cnc(NCC3(c4ncccc4F)CC(F)C3)nc2)c1O. The maximum absolute atomic E-state index is 14.2. The van der Waals surface area contributed by atoms with Crippen LogP contribution in [0.5, 0.6) is 5.75 Å². The quantitative estimate of drug-likeness (QED) is 0.555. The molecule has 160 valence electrons. The van der Waals surface area contributed by atoms with E-state index in [2.05, 4.69) is 20.3 Å². The van der Waals surface area contributed by atoms with Crippen LogP contribution in [0, 0.1) is 11.6 Å². The maximum Gasteiger partial charge on any atom is 0.252 e. The first-order valence-corrected chi connectivity index (χ1v) is 9.43. The molecular formula is C21H18F3N5O2. The first kappa shape index (κ1) is 20.6. The van der Waals surface area contributed by atoms with Gasteiger partial charge in [0.15, 0.2) is 0 Å². The zero-order valence-electron chi connectivity index (χ0n) is 16.1. The molecule has 1 saturated carbocycles. The summed E-state index contributed by atoms with van der Waals surface area (Å²) in [4.78, 5) is 23.6. The Morgan fingerprint density at radius 3 is 2.48 bits per heavy atom. The molecule has 0 bridgehead atoms. The average Bonchev–Trinajstić information content (AvgIpc) is 2.71. The highest BCUT2D eigenvalue weighted by molar-refractivity contribution is 5.98. The normalized spacial score (nSPS) is 20.2. The van der Waals surface area contributed by atoms with E-state index in [1.165, 1.54) is 30.7 Å². The zero-order valence-corrected chi connectivity index (χ0v) is 16.1. The molecule has 0 radical (unpaired) electrons. The van der Waals surface area contributed by atoms with Crippen molar-refractivity contribution in [2.75, 3.05) is 11.9 Å². The summed E-state index contributed by atoms with van der Waals surface area (Å²) in [6.45, 7) is 0.150. The number of hydrogen-bond acceptors (Lipinski definition) is 6. The van der Waals surface area contributed by atoms with E-state index in [-0.39, 0.29) is 47.7 Å². The van der Waals surface area contributed by atoms with Crippen molar-refractivity contribution in [3.8, 4) is 16.9 Å². The molecule has 4 rings (SSSR count). The molecule has 4 N–H and O–H groups in total. The highest BCUT2D eigenvalue weighted by Crippen LogP contribution is 2.45. The fourth-order valence-corrected chi connectivity index (χ4v) is 3.82. The third-order valence-corrected chi connectivity index (χ3v) is 5.40. The van der Waals surface area contributed by atoms with E-state index in [9.17, 15) is 23.1 Å². The van der Waals surface area contributed by atoms with Gasteiger partial charge in [0.1, 0.15) is 23.6 Å². The lowest BCUT2D eigenvalue weighted by molar-refractivity contribution is 0.0963. The number of rotatable bonds is 6. The molecule has 0 atom stereocenters. The summed E-state index contributed by atoms with van der Waals surface area (Å²) in [7, 11) is 0. The number of hydrogen-bond donors (Lipinski definition) is 3. The van der Waals surface area contributed by atoms with E-state index in [4.69, 9.17) is 5.73 Å². The fourth-order valence-electron chi connectivity index (χ4n) is 3.82. The second kappa shape index (κ2) is 7.86. The minimum absolute atomic E-state index is 0.116. The lowest BCUT2D eigenvalue weighted by Gasteiger charge is -2.43. The van der Waals surface area contributed by atoms with Crippen LogP contribution in [0.25, 0.3) is 11.1 Å². The van der Waals surface area contributed by atoms with Crippen LogP contribution in [0.4, 0.5) is 19.1 Å². The fraction of sp³-hybridized carbons (Fsp3) is 0.238. The standard InChI is InChI=1S/C21H18F3N5O2/c22-12-6-21(7-12,18-15(24)2-1-5-26-18)10-29-20-27-8-11(9-28-20)16-14(23)4-3-13(17(16)30)19(25)31/h1-5,8-9,12,30H,6-7,10H2,(H2,25,31)(H,27,28,29). The number of aromatic nitrogens is 3. The molecule has 1 amide bonds. The number of primary amides is 1. The number of nitrogens with two attached hydrogens (primary N) is 1. The summed E-state index contributed by atoms with van der Waals surface area (Å²) in [6.07, 6.45) is 3.15. The van der Waals surface area contributed by atoms with Gasteiger partial charge in [0.05, 0.1) is 16.8 Å². The number of aromatic hydroxyl groups is 1. The summed E-state index contributed by atoms with van der Waals surface area (Å²) < 4.78 is 42.1. The van der Waals surface area contributed by atoms with Gasteiger partial charge in [0.2, 0.25) is 5.95 Å². The van der Waals surface area contributed by atoms with Gasteiger partial charge < -0.3 is 16.2 Å². The van der Waals surface area contributed by atoms with Gasteiger partial charge in [-0.15, -0.1) is 0 Å². The number of benzene rings is 1. The molecule has 1 aliphatic rings. The molecule has 0 unspecified atom stereocenters. The van der Waals surface area contributed by atoms with Crippen LogP contribution in [-0.2, 0) is 5.41 Å². The molecule has 1 fully saturated rings. The molecule has 2 aromatic heterocycles. The molecule has 2 heterocycles. The zero-order chi connectivity index (χ0) is 22.2. The Bertz CT molecular complexity index is 1130. The Kier molecular flexibility index (Phi) is 5.22. The second-order valence-corrected chi connectivity index (χ2v) is 7.45. The third-order valence-electron chi connectivity index (χ3n) is 5.40. The van der Waals surface area contributed by atoms with E-state index in [0.717, 1.165) is 12.1 Å². The summed E-state index contributed by atoms with van der Waals surface area (Å²) in [6, 6.07) is 4.84. The van der Waals surface area contributed by atoms with E-state index in [1.807, 2.05) is 0 Å². The highest BCUT2D eigenvalue weighted by Gasteiger charge is 2.48. The van der Waals surface area contributed by atoms with Gasteiger partial charge in [-0.05, 0) is 37.1 Å². The van der Waals surface area contributed by atoms with Gasteiger partial charge in [-0.3, -0.25) is 9.78 Å². The molecule has 0 aliphatic heterocycles. The van der Waals surface area contributed by atoms with E-state index < -0.39 is 34.9 Å². The predicted octanol–water partition coefficient (Wildman–Crippen LogP) is 3.10. The topological polar surface area (TPSA) is 114 Å². The van der Waals surface area contributed by atoms with Crippen LogP contribution in [-0.4, -0.2) is 38.7 Å². The second-order valence-electron chi connectivity index (χ2n) is 7.45. The summed E-state index contributed by atoms with van der Waals surface area (Å²) in [5.41, 5.74) is 4.18. The Labute approximate surface area is 175 Å². The van der Waals surface area contributed by atoms with Crippen molar-refractivity contribution >= 4 is 11.9 Å². The molecule has 0 saturated heterocycles. The minimum Gasteiger partial charge on any atom is -0.506 e. The van der Waals surface area contributed by atoms with Crippen LogP contribution in [0.1, 0.15) is 28.9 Å². The van der Waals surface area contributed by atoms with Crippen LogP contribution >= 0.6 is 0 Å². The number of nitrogens with one attached hydrogen (secondary N) is 1. The van der Waals surface area contributed by atoms with Gasteiger partial charge in [0, 0.05) is 36.1 Å². The molecule has 1 aliphatic carbocycles. The summed E-state index contributed by atoms with van der Waals surface area (Å²) in [5, 5.41) is 13.1. The smallest absolute Gasteiger partial charge is 0.252 e. The van der Waals surface area contributed by atoms with Gasteiger partial charge in [-0.2, -0.15) is 0 Å². The number of pyridine rings is 1. The van der Waals surface area contributed by atoms with Crippen molar-refractivity contribution in [3.05, 3.63) is 65.7 Å². The van der Waals surface area contributed by atoms with E-state index in [0.29, 0.717) is 0 Å². The van der Waals surface area contributed by atoms with Gasteiger partial charge in [-0.25, -0.2) is 23.1 Å². The van der Waals surface area contributed by atoms with Gasteiger partial charge >= 0.3 is 0 Å². The number of phenols is 1. The number of carbonyl (C=O) groups excluding carboxylic acids is 1. The molecule has 1 aromatic carbocycles. The minimum atomic E-state index is -1.05. The summed E-state index contributed by atoms with van der Waals surface area (Å²) >= 11 is 0. The number of carbonyl (C=O) groups is 1. The van der Waals surface area contributed by atoms with Crippen molar-refractivity contribution < 1.29 is 23.1 Å². The van der Waals surface area contributed by atoms with Gasteiger partial charge in [0.25, 0.3) is 5.91 Å². The van der Waals surface area contributed by atoms with Crippen LogP contribution < -0.4 is 11.1 Å². The van der Waals surface area contributed by atoms with Crippen LogP contribution in [0.2, 0.25) is 0 Å². The first-order chi connectivity index (χ1) is 14.8. The third kappa shape index (κ3) is 3.76. The number of nitrogens with zero attached hydrogens (tertiary/aromatic N) is 3. The lowest BCUT2D eigenvalue weighted by atomic mass is 9.65. The highest BCUT2D eigenvalue weighted by atomic mass is 19.1. The molecule has 0 spiro atoms. The number of amides is 1. The van der Waals surface area contributed by atoms with Crippen molar-refractivity contribution in [2.45, 2.75) is 24.4 Å². The van der Waals surface area contributed by atoms with Crippen molar-refractivity contribution in [2.24, 2.45) is 5.73 Å². The summed E-state index contributed by atoms with van der Waals surface area (Å²) in [5.74, 6) is -2.65. The predicted molar refractivity (Wildman–Crippen MR) is 106 cm³/mol. The van der Waals surface area contributed by atoms with E-state index in [1.54, 1.807) is 0 Å². The Morgan fingerprint density at radius 1 is 1.16 bits per heavy atom. The Balaban J connectivity index is 1.55. The van der Waals surface area contributed by atoms with Crippen LogP contribution in [0.15, 0.2) is 42.9 Å². The van der Waals surface area contributed by atoms with Gasteiger partial charge in [-0.1, -0.05) is 0 Å². The Hall–Kier alpha value is -3.69. The monoisotopic (exact) mass is 429 g/mol.